The topological polar surface area (TPSA) is 163 Å². The number of urea groups is 1. The summed E-state index contributed by atoms with van der Waals surface area (Å²) in [6.45, 7) is 7.59. The molecule has 1 aliphatic carbocycles. The van der Waals surface area contributed by atoms with Gasteiger partial charge in [0.05, 0.1) is 12.3 Å². The van der Waals surface area contributed by atoms with Crippen molar-refractivity contribution in [2.45, 2.75) is 38.3 Å². The number of piperidine rings is 1. The number of aliphatic hydroxyl groups excluding tert-OH is 1. The van der Waals surface area contributed by atoms with Crippen molar-refractivity contribution in [1.29, 1.82) is 0 Å². The predicted octanol–water partition coefficient (Wildman–Crippen LogP) is 0.0759. The van der Waals surface area contributed by atoms with Gasteiger partial charge in [0.2, 0.25) is 5.91 Å². The minimum absolute atomic E-state index is 0.160. The Morgan fingerprint density at radius 3 is 2.29 bits per heavy atom. The average molecular weight is 567 g/mol. The van der Waals surface area contributed by atoms with Crippen molar-refractivity contribution in [3.8, 4) is 5.69 Å². The zero-order valence-electron chi connectivity index (χ0n) is 23.9. The third-order valence-corrected chi connectivity index (χ3v) is 9.06. The average Bonchev–Trinajstić information content (AvgIpc) is 3.46. The summed E-state index contributed by atoms with van der Waals surface area (Å²) in [7, 11) is 0. The molecule has 222 valence electrons. The fourth-order valence-electron chi connectivity index (χ4n) is 6.33. The second kappa shape index (κ2) is 11.9. The number of likely N-dealkylation sites (tertiary alicyclic amines) is 1. The van der Waals surface area contributed by atoms with E-state index in [1.54, 1.807) is 22.1 Å². The monoisotopic (exact) mass is 566 g/mol. The summed E-state index contributed by atoms with van der Waals surface area (Å²) < 4.78 is 1.45. The summed E-state index contributed by atoms with van der Waals surface area (Å²) >= 11 is 0. The van der Waals surface area contributed by atoms with Crippen LogP contribution in [0.1, 0.15) is 25.8 Å². The quantitative estimate of drug-likeness (QED) is 0.332. The number of benzene rings is 1. The molecule has 2 aromatic rings. The van der Waals surface area contributed by atoms with E-state index in [4.69, 9.17) is 11.5 Å². The smallest absolute Gasteiger partial charge is 0.354 e. The second-order valence-corrected chi connectivity index (χ2v) is 11.9. The van der Waals surface area contributed by atoms with Crippen LogP contribution < -0.4 is 22.5 Å². The highest BCUT2D eigenvalue weighted by molar-refractivity contribution is 5.89. The highest BCUT2D eigenvalue weighted by Crippen LogP contribution is 2.51. The van der Waals surface area contributed by atoms with E-state index in [1.807, 2.05) is 12.1 Å². The lowest BCUT2D eigenvalue weighted by Gasteiger charge is -2.37. The highest BCUT2D eigenvalue weighted by Gasteiger charge is 2.55. The number of fused-ring (bicyclic) bond motifs is 1. The number of nitrogens with zero attached hydrogens (tertiary/aromatic N) is 5. The molecule has 41 heavy (non-hydrogen) atoms. The first-order valence-electron chi connectivity index (χ1n) is 14.5. The van der Waals surface area contributed by atoms with Crippen molar-refractivity contribution in [1.82, 2.24) is 24.3 Å². The van der Waals surface area contributed by atoms with E-state index in [0.717, 1.165) is 50.2 Å². The molecule has 0 spiro atoms. The largest absolute Gasteiger partial charge is 0.394 e. The molecule has 12 heteroatoms. The van der Waals surface area contributed by atoms with Crippen LogP contribution in [-0.4, -0.2) is 105 Å². The maximum absolute atomic E-state index is 12.8. The van der Waals surface area contributed by atoms with Gasteiger partial charge in [0.1, 0.15) is 11.4 Å². The number of nitrogens with two attached hydrogens (primary N) is 2. The molecule has 5 rings (SSSR count). The van der Waals surface area contributed by atoms with Crippen molar-refractivity contribution >= 4 is 17.8 Å². The molecule has 0 bridgehead atoms. The van der Waals surface area contributed by atoms with E-state index in [0.29, 0.717) is 37.9 Å². The lowest BCUT2D eigenvalue weighted by molar-refractivity contribution is -0.139. The molecule has 6 N–H and O–H groups in total. The molecule has 3 fully saturated rings. The minimum atomic E-state index is -1.35. The highest BCUT2D eigenvalue weighted by atomic mass is 16.3. The summed E-state index contributed by atoms with van der Waals surface area (Å²) in [6, 6.07) is 9.69. The zero-order chi connectivity index (χ0) is 29.3. The second-order valence-electron chi connectivity index (χ2n) is 11.9. The first-order chi connectivity index (χ1) is 19.6. The summed E-state index contributed by atoms with van der Waals surface area (Å²) in [5, 5.41) is 12.0. The molecule has 1 unspecified atom stereocenters. The maximum atomic E-state index is 12.8. The number of aromatic nitrogens is 2. The SMILES string of the molecule is CCC(Cc1ccc(-n2ccc(NC(=O)N3CCN(C(=O)[C@@](C)(N)CO)CC3)nc2=O)cc1)N1C[C@@H]2[C@@H](CN)[C@@H]2C1. The number of aliphatic hydroxyl groups is 1. The van der Waals surface area contributed by atoms with Crippen LogP contribution in [0.2, 0.25) is 0 Å². The fraction of sp³-hybridized carbons (Fsp3) is 0.586. The Hall–Kier alpha value is -3.32. The van der Waals surface area contributed by atoms with Gasteiger partial charge in [0, 0.05) is 51.5 Å². The lowest BCUT2D eigenvalue weighted by atomic mass is 10.0. The summed E-state index contributed by atoms with van der Waals surface area (Å²) in [4.78, 5) is 47.8. The van der Waals surface area contributed by atoms with Crippen molar-refractivity contribution in [3.05, 3.63) is 52.6 Å². The molecule has 1 aromatic heterocycles. The van der Waals surface area contributed by atoms with E-state index >= 15 is 0 Å². The van der Waals surface area contributed by atoms with Gasteiger partial charge < -0.3 is 26.4 Å². The molecule has 0 radical (unpaired) electrons. The van der Waals surface area contributed by atoms with Crippen LogP contribution in [0.3, 0.4) is 0 Å². The first kappa shape index (κ1) is 29.2. The van der Waals surface area contributed by atoms with Gasteiger partial charge in [-0.15, -0.1) is 0 Å². The number of carbonyl (C=O) groups excluding carboxylic acids is 2. The van der Waals surface area contributed by atoms with Crippen LogP contribution in [0, 0.1) is 17.8 Å². The van der Waals surface area contributed by atoms with E-state index in [9.17, 15) is 19.5 Å². The van der Waals surface area contributed by atoms with Crippen molar-refractivity contribution in [2.24, 2.45) is 29.2 Å². The van der Waals surface area contributed by atoms with Crippen LogP contribution in [0.4, 0.5) is 10.6 Å². The Morgan fingerprint density at radius 2 is 1.73 bits per heavy atom. The van der Waals surface area contributed by atoms with Crippen molar-refractivity contribution in [2.75, 3.05) is 57.7 Å². The molecule has 1 aromatic carbocycles. The molecular formula is C29H42N8O4. The standard InChI is InChI=1S/C29H42N8O4/c1-3-20(36-16-23-22(15-30)24(23)17-36)14-19-4-6-21(7-5-19)37-9-8-25(33-28(37)41)32-27(40)35-12-10-34(11-13-35)26(39)29(2,31)18-38/h4-9,20,22-24,38H,3,10-18,30-31H2,1-2H3,(H,32,33,40,41)/t20?,22-,23-,24+,29-/m0/s1. The molecule has 1 saturated carbocycles. The number of hydrogen-bond acceptors (Lipinski definition) is 8. The Kier molecular flexibility index (Phi) is 8.46. The van der Waals surface area contributed by atoms with Gasteiger partial charge in [-0.05, 0) is 67.8 Å². The fourth-order valence-corrected chi connectivity index (χ4v) is 6.33. The molecule has 12 nitrogen and oxygen atoms in total. The summed E-state index contributed by atoms with van der Waals surface area (Å²) in [6.07, 6.45) is 3.67. The third-order valence-electron chi connectivity index (χ3n) is 9.06. The van der Waals surface area contributed by atoms with Crippen molar-refractivity contribution < 1.29 is 14.7 Å². The normalized spacial score (nSPS) is 24.5. The van der Waals surface area contributed by atoms with E-state index < -0.39 is 23.9 Å². The minimum Gasteiger partial charge on any atom is -0.394 e. The first-order valence-corrected chi connectivity index (χ1v) is 14.5. The Morgan fingerprint density at radius 1 is 1.10 bits per heavy atom. The number of rotatable bonds is 9. The van der Waals surface area contributed by atoms with Crippen LogP contribution in [0.25, 0.3) is 5.69 Å². The van der Waals surface area contributed by atoms with Crippen molar-refractivity contribution in [3.63, 3.8) is 0 Å². The van der Waals surface area contributed by atoms with E-state index in [1.165, 1.54) is 17.1 Å². The van der Waals surface area contributed by atoms with Gasteiger partial charge in [-0.2, -0.15) is 4.98 Å². The summed E-state index contributed by atoms with van der Waals surface area (Å²) in [5.41, 5.74) is 11.8. The van der Waals surface area contributed by atoms with Crippen LogP contribution >= 0.6 is 0 Å². The number of hydrogen-bond donors (Lipinski definition) is 4. The number of piperazine rings is 1. The lowest BCUT2D eigenvalue weighted by Crippen LogP contribution is -2.60. The Balaban J connectivity index is 1.14. The van der Waals surface area contributed by atoms with Gasteiger partial charge in [-0.25, -0.2) is 9.59 Å². The Labute approximate surface area is 240 Å². The number of anilines is 1. The van der Waals surface area contributed by atoms with Gasteiger partial charge in [0.15, 0.2) is 0 Å². The number of nitrogens with one attached hydrogen (secondary N) is 1. The molecule has 2 saturated heterocycles. The molecule has 5 atom stereocenters. The molecule has 3 aliphatic rings. The van der Waals surface area contributed by atoms with Gasteiger partial charge in [0.25, 0.3) is 0 Å². The van der Waals surface area contributed by atoms with E-state index in [-0.39, 0.29) is 11.7 Å². The zero-order valence-corrected chi connectivity index (χ0v) is 23.9. The molecular weight excluding hydrogens is 524 g/mol. The summed E-state index contributed by atoms with van der Waals surface area (Å²) in [5.74, 6) is 2.10. The predicted molar refractivity (Wildman–Crippen MR) is 156 cm³/mol. The van der Waals surface area contributed by atoms with Crippen LogP contribution in [0.15, 0.2) is 41.3 Å². The van der Waals surface area contributed by atoms with Gasteiger partial charge in [-0.3, -0.25) is 19.6 Å². The van der Waals surface area contributed by atoms with Crippen LogP contribution in [0.5, 0.6) is 0 Å². The van der Waals surface area contributed by atoms with Crippen LogP contribution in [-0.2, 0) is 11.2 Å². The van der Waals surface area contributed by atoms with Gasteiger partial charge >= 0.3 is 11.7 Å². The molecule has 3 amide bonds. The van der Waals surface area contributed by atoms with E-state index in [2.05, 4.69) is 34.3 Å². The van der Waals surface area contributed by atoms with Gasteiger partial charge in [-0.1, -0.05) is 19.1 Å². The number of amides is 3. The maximum Gasteiger partial charge on any atom is 0.354 e. The number of carbonyl (C=O) groups is 2. The molecule has 3 heterocycles. The third kappa shape index (κ3) is 6.15. The molecule has 2 aliphatic heterocycles. The Bertz CT molecular complexity index is 1290.